The fraction of sp³-hybridized carbons (Fsp3) is 0.257. The molecule has 1 aliphatic rings. The van der Waals surface area contributed by atoms with Crippen LogP contribution < -0.4 is 4.72 Å². The van der Waals surface area contributed by atoms with Crippen molar-refractivity contribution in [2.24, 2.45) is 0 Å². The summed E-state index contributed by atoms with van der Waals surface area (Å²) in [6.45, 7) is 1.24. The molecule has 240 valence electrons. The first kappa shape index (κ1) is 32.9. The number of benzene rings is 4. The highest BCUT2D eigenvalue weighted by atomic mass is 127. The second-order valence-corrected chi connectivity index (χ2v) is 13.0. The van der Waals surface area contributed by atoms with Gasteiger partial charge in [0, 0.05) is 22.0 Å². The van der Waals surface area contributed by atoms with E-state index in [1.807, 2.05) is 83.3 Å². The van der Waals surface area contributed by atoms with Gasteiger partial charge in [-0.3, -0.25) is 0 Å². The van der Waals surface area contributed by atoms with Crippen molar-refractivity contribution in [1.82, 2.24) is 0 Å². The monoisotopic (exact) mass is 761 g/mol. The van der Waals surface area contributed by atoms with Crippen LogP contribution in [0.3, 0.4) is 0 Å². The van der Waals surface area contributed by atoms with Gasteiger partial charge in [-0.25, -0.2) is 18.1 Å². The van der Waals surface area contributed by atoms with Gasteiger partial charge >= 0.3 is 0 Å². The minimum Gasteiger partial charge on any atom is -0.462 e. The van der Waals surface area contributed by atoms with E-state index in [2.05, 4.69) is 4.72 Å². The third kappa shape index (κ3) is 8.25. The molecule has 6 nitrogen and oxygen atoms in total. The predicted octanol–water partition coefficient (Wildman–Crippen LogP) is 9.69. The molecule has 0 bridgehead atoms. The Morgan fingerprint density at radius 3 is 2.30 bits per heavy atom. The Hall–Kier alpha value is -3.07. The molecule has 0 unspecified atom stereocenters. The summed E-state index contributed by atoms with van der Waals surface area (Å²) in [5, 5.41) is -0.0408. The van der Waals surface area contributed by atoms with Crippen LogP contribution >= 0.6 is 34.8 Å². The zero-order chi connectivity index (χ0) is 31.9. The van der Waals surface area contributed by atoms with Crippen LogP contribution in [0.25, 0.3) is 11.0 Å². The van der Waals surface area contributed by atoms with Crippen molar-refractivity contribution in [3.63, 3.8) is 0 Å². The third-order valence-corrected chi connectivity index (χ3v) is 8.90. The standard InChI is InChI=1S/C35H31F3INO5S/c36-30-18-26(39)12-11-25(30)17-29-32(38)31(37)28-13-16-42-34(28)33(29)40-46-45-44-35(14-15-35)19-27(43-21-24-9-5-2-6-10-24)22-41-20-23-7-3-1-4-8-23/h1-13,16,18,27,40H,14-15,17,19-22H2/t27-/m1/s1. The van der Waals surface area contributed by atoms with Crippen molar-refractivity contribution < 1.29 is 36.3 Å². The molecule has 11 heteroatoms. The molecule has 5 aromatic rings. The third-order valence-electron chi connectivity index (χ3n) is 7.81. The normalized spacial score (nSPS) is 14.4. The van der Waals surface area contributed by atoms with Crippen molar-refractivity contribution in [2.75, 3.05) is 11.3 Å². The van der Waals surface area contributed by atoms with E-state index in [9.17, 15) is 8.78 Å². The molecule has 0 aliphatic heterocycles. The first-order chi connectivity index (χ1) is 22.4. The van der Waals surface area contributed by atoms with Gasteiger partial charge in [-0.1, -0.05) is 66.7 Å². The van der Waals surface area contributed by atoms with Crippen LogP contribution in [-0.2, 0) is 38.3 Å². The largest absolute Gasteiger partial charge is 0.462 e. The quantitative estimate of drug-likeness (QED) is 0.0269. The molecule has 1 aromatic heterocycles. The average molecular weight is 762 g/mol. The Balaban J connectivity index is 1.10. The highest BCUT2D eigenvalue weighted by Crippen LogP contribution is 2.45. The van der Waals surface area contributed by atoms with E-state index < -0.39 is 23.1 Å². The molecule has 0 radical (unpaired) electrons. The topological polar surface area (TPSA) is 62.1 Å². The molecule has 1 heterocycles. The molecule has 46 heavy (non-hydrogen) atoms. The predicted molar refractivity (Wildman–Crippen MR) is 179 cm³/mol. The first-order valence-corrected chi connectivity index (χ1v) is 16.6. The molecule has 1 N–H and O–H groups in total. The maximum Gasteiger partial charge on any atom is 0.170 e. The lowest BCUT2D eigenvalue weighted by molar-refractivity contribution is -0.253. The summed E-state index contributed by atoms with van der Waals surface area (Å²) in [5.41, 5.74) is 1.86. The van der Waals surface area contributed by atoms with Crippen molar-refractivity contribution >= 4 is 51.5 Å². The fourth-order valence-corrected chi connectivity index (χ4v) is 6.13. The lowest BCUT2D eigenvalue weighted by atomic mass is 10.0. The molecule has 6 rings (SSSR count). The molecule has 1 atom stereocenters. The Labute approximate surface area is 283 Å². The van der Waals surface area contributed by atoms with E-state index in [-0.39, 0.29) is 40.3 Å². The van der Waals surface area contributed by atoms with Crippen LogP contribution in [-0.4, -0.2) is 18.3 Å². The smallest absolute Gasteiger partial charge is 0.170 e. The van der Waals surface area contributed by atoms with Crippen LogP contribution in [0.1, 0.15) is 41.5 Å². The van der Waals surface area contributed by atoms with E-state index in [4.69, 9.17) is 23.1 Å². The van der Waals surface area contributed by atoms with E-state index in [1.165, 1.54) is 18.4 Å². The van der Waals surface area contributed by atoms with Gasteiger partial charge in [-0.05, 0) is 70.3 Å². The highest BCUT2D eigenvalue weighted by molar-refractivity contribution is 14.1. The number of hydrogen-bond acceptors (Lipinski definition) is 7. The molecule has 0 spiro atoms. The second kappa shape index (κ2) is 15.2. The zero-order valence-electron chi connectivity index (χ0n) is 24.6. The maximum absolute atomic E-state index is 15.3. The van der Waals surface area contributed by atoms with Gasteiger partial charge in [0.05, 0.1) is 43.3 Å². The van der Waals surface area contributed by atoms with E-state index in [0.29, 0.717) is 42.0 Å². The molecule has 1 aliphatic carbocycles. The van der Waals surface area contributed by atoms with Crippen molar-refractivity contribution in [3.8, 4) is 0 Å². The van der Waals surface area contributed by atoms with Gasteiger partial charge in [0.15, 0.2) is 17.2 Å². The SMILES string of the molecule is Fc1cc(I)ccc1Cc1c(F)c(F)c2ccoc2c1NSOOC1(C[C@H](COCc2ccccc2)OCc2ccccc2)CC1. The molecular formula is C35H31F3INO5S. The number of furan rings is 1. The molecule has 0 saturated heterocycles. The number of anilines is 1. The van der Waals surface area contributed by atoms with E-state index in [1.54, 1.807) is 12.1 Å². The van der Waals surface area contributed by atoms with Gasteiger partial charge in [0.2, 0.25) is 0 Å². The Kier molecular flexibility index (Phi) is 10.9. The summed E-state index contributed by atoms with van der Waals surface area (Å²) in [4.78, 5) is 5.85. The molecule has 4 aromatic carbocycles. The first-order valence-electron chi connectivity index (χ1n) is 14.8. The van der Waals surface area contributed by atoms with Crippen molar-refractivity contribution in [2.45, 2.75) is 50.6 Å². The number of halogens is 4. The van der Waals surface area contributed by atoms with Crippen LogP contribution in [0.2, 0.25) is 0 Å². The highest BCUT2D eigenvalue weighted by Gasteiger charge is 2.48. The van der Waals surface area contributed by atoms with Crippen molar-refractivity contribution in [1.29, 1.82) is 0 Å². The minimum absolute atomic E-state index is 0.0408. The Morgan fingerprint density at radius 1 is 0.891 bits per heavy atom. The zero-order valence-corrected chi connectivity index (χ0v) is 27.6. The van der Waals surface area contributed by atoms with Gasteiger partial charge < -0.3 is 18.6 Å². The second-order valence-electron chi connectivity index (χ2n) is 11.2. The van der Waals surface area contributed by atoms with E-state index >= 15 is 4.39 Å². The van der Waals surface area contributed by atoms with Crippen LogP contribution in [0.4, 0.5) is 18.9 Å². The number of rotatable bonds is 16. The summed E-state index contributed by atoms with van der Waals surface area (Å²) in [7, 11) is 0. The van der Waals surface area contributed by atoms with Crippen LogP contribution in [0.15, 0.2) is 95.6 Å². The van der Waals surface area contributed by atoms with Crippen LogP contribution in [0, 0.1) is 21.0 Å². The molecule has 1 saturated carbocycles. The molecular weight excluding hydrogens is 730 g/mol. The number of nitrogens with one attached hydrogen (secondary N) is 1. The summed E-state index contributed by atoms with van der Waals surface area (Å²) < 4.78 is 71.8. The summed E-state index contributed by atoms with van der Waals surface area (Å²) in [6, 6.07) is 25.8. The van der Waals surface area contributed by atoms with Gasteiger partial charge in [-0.15, -0.1) is 4.33 Å². The maximum atomic E-state index is 15.3. The Bertz CT molecular complexity index is 1750. The summed E-state index contributed by atoms with van der Waals surface area (Å²) in [6.07, 6.45) is 2.83. The lowest BCUT2D eigenvalue weighted by Crippen LogP contribution is -2.28. The fourth-order valence-electron chi connectivity index (χ4n) is 5.16. The molecule has 0 amide bonds. The van der Waals surface area contributed by atoms with Gasteiger partial charge in [-0.2, -0.15) is 0 Å². The van der Waals surface area contributed by atoms with Gasteiger partial charge in [0.25, 0.3) is 0 Å². The number of hydrogen-bond donors (Lipinski definition) is 1. The number of ether oxygens (including phenoxy) is 2. The number of fused-ring (bicyclic) bond motifs is 1. The average Bonchev–Trinajstić information content (AvgIpc) is 3.65. The van der Waals surface area contributed by atoms with Crippen LogP contribution in [0.5, 0.6) is 0 Å². The van der Waals surface area contributed by atoms with E-state index in [0.717, 1.165) is 24.0 Å². The molecule has 1 fully saturated rings. The van der Waals surface area contributed by atoms with Crippen molar-refractivity contribution in [3.05, 3.63) is 134 Å². The minimum atomic E-state index is -1.09. The summed E-state index contributed by atoms with van der Waals surface area (Å²) in [5.74, 6) is -2.68. The van der Waals surface area contributed by atoms with Gasteiger partial charge in [0.1, 0.15) is 23.6 Å². The lowest BCUT2D eigenvalue weighted by Gasteiger charge is -2.23. The Morgan fingerprint density at radius 2 is 1.61 bits per heavy atom. The summed E-state index contributed by atoms with van der Waals surface area (Å²) >= 11 is 2.69.